The minimum absolute atomic E-state index is 0.0304. The first-order chi connectivity index (χ1) is 15.5. The van der Waals surface area contributed by atoms with Gasteiger partial charge in [-0.3, -0.25) is 9.69 Å². The lowest BCUT2D eigenvalue weighted by Crippen LogP contribution is -2.27. The number of amides is 1. The van der Waals surface area contributed by atoms with Crippen LogP contribution in [0, 0.1) is 5.82 Å². The summed E-state index contributed by atoms with van der Waals surface area (Å²) in [5.74, 6) is 1.20. The molecular weight excluding hydrogens is 517 g/mol. The summed E-state index contributed by atoms with van der Waals surface area (Å²) in [6, 6.07) is 17.3. The van der Waals surface area contributed by atoms with Crippen LogP contribution in [0.15, 0.2) is 65.1 Å². The largest absolute Gasteiger partial charge is 0.490 e. The maximum Gasteiger partial charge on any atom is 0.238 e. The lowest BCUT2D eigenvalue weighted by Gasteiger charge is -2.25. The molecule has 0 saturated carbocycles. The average molecular weight is 537 g/mol. The molecule has 0 aliphatic carbocycles. The number of thioether (sulfide) groups is 1. The molecule has 1 fully saturated rings. The van der Waals surface area contributed by atoms with Gasteiger partial charge in [0, 0.05) is 10.7 Å². The summed E-state index contributed by atoms with van der Waals surface area (Å²) in [5, 5.41) is 0.405. The molecule has 4 rings (SSSR count). The molecule has 0 unspecified atom stereocenters. The van der Waals surface area contributed by atoms with Gasteiger partial charge < -0.3 is 9.47 Å². The Bertz CT molecular complexity index is 1130. The number of benzene rings is 3. The molecule has 1 aliphatic heterocycles. The van der Waals surface area contributed by atoms with Gasteiger partial charge in [-0.1, -0.05) is 23.7 Å². The molecule has 0 aromatic heterocycles. The van der Waals surface area contributed by atoms with E-state index in [1.54, 1.807) is 40.9 Å². The van der Waals surface area contributed by atoms with Crippen molar-refractivity contribution in [3.63, 3.8) is 0 Å². The standard InChI is InChI=1S/C24H20BrClFNO3S/c1-2-30-21-12-16(11-20(25)23(21)31-13-15-4-3-5-18(27)10-15)24-28(22(29)14-32-24)19-8-6-17(26)7-9-19/h3-12,24H,2,13-14H2,1H3/t24-/m1/s1. The van der Waals surface area contributed by atoms with E-state index in [-0.39, 0.29) is 23.7 Å². The van der Waals surface area contributed by atoms with E-state index in [1.807, 2.05) is 31.2 Å². The van der Waals surface area contributed by atoms with E-state index in [4.69, 9.17) is 21.1 Å². The van der Waals surface area contributed by atoms with Crippen LogP contribution in [0.2, 0.25) is 5.02 Å². The van der Waals surface area contributed by atoms with Gasteiger partial charge in [0.2, 0.25) is 5.91 Å². The van der Waals surface area contributed by atoms with Crippen molar-refractivity contribution in [2.45, 2.75) is 18.9 Å². The fourth-order valence-electron chi connectivity index (χ4n) is 3.47. The summed E-state index contributed by atoms with van der Waals surface area (Å²) in [7, 11) is 0. The second kappa shape index (κ2) is 10.1. The highest BCUT2D eigenvalue weighted by molar-refractivity contribution is 9.10. The number of rotatable bonds is 7. The SMILES string of the molecule is CCOc1cc([C@H]2SCC(=O)N2c2ccc(Cl)cc2)cc(Br)c1OCc1cccc(F)c1. The number of carbonyl (C=O) groups is 1. The molecule has 3 aromatic rings. The molecule has 1 saturated heterocycles. The van der Waals surface area contributed by atoms with Gasteiger partial charge >= 0.3 is 0 Å². The third kappa shape index (κ3) is 5.05. The van der Waals surface area contributed by atoms with Crippen molar-refractivity contribution in [2.75, 3.05) is 17.3 Å². The molecule has 0 N–H and O–H groups in total. The van der Waals surface area contributed by atoms with E-state index >= 15 is 0 Å². The fourth-order valence-corrected chi connectivity index (χ4v) is 5.32. The van der Waals surface area contributed by atoms with Crippen LogP contribution in [-0.2, 0) is 11.4 Å². The minimum Gasteiger partial charge on any atom is -0.490 e. The van der Waals surface area contributed by atoms with Crippen molar-refractivity contribution < 1.29 is 18.7 Å². The Morgan fingerprint density at radius 3 is 2.66 bits per heavy atom. The highest BCUT2D eigenvalue weighted by atomic mass is 79.9. The quantitative estimate of drug-likeness (QED) is 0.326. The number of hydrogen-bond acceptors (Lipinski definition) is 4. The fraction of sp³-hybridized carbons (Fsp3) is 0.208. The summed E-state index contributed by atoms with van der Waals surface area (Å²) < 4.78 is 26.0. The van der Waals surface area contributed by atoms with Crippen LogP contribution in [0.4, 0.5) is 10.1 Å². The zero-order chi connectivity index (χ0) is 22.7. The average Bonchev–Trinajstić information content (AvgIpc) is 3.15. The van der Waals surface area contributed by atoms with Crippen LogP contribution in [0.25, 0.3) is 0 Å². The third-order valence-electron chi connectivity index (χ3n) is 4.86. The van der Waals surface area contributed by atoms with Crippen LogP contribution >= 0.6 is 39.3 Å². The topological polar surface area (TPSA) is 38.8 Å². The maximum absolute atomic E-state index is 13.5. The molecule has 1 amide bonds. The number of nitrogens with zero attached hydrogens (tertiary/aromatic N) is 1. The second-order valence-corrected chi connectivity index (χ2v) is 9.44. The van der Waals surface area contributed by atoms with Gasteiger partial charge in [-0.2, -0.15) is 0 Å². The van der Waals surface area contributed by atoms with Crippen LogP contribution in [0.3, 0.4) is 0 Å². The Morgan fingerprint density at radius 1 is 1.16 bits per heavy atom. The number of carbonyl (C=O) groups excluding carboxylic acids is 1. The van der Waals surface area contributed by atoms with Gasteiger partial charge in [0.05, 0.1) is 16.8 Å². The van der Waals surface area contributed by atoms with E-state index in [9.17, 15) is 9.18 Å². The molecule has 0 spiro atoms. The minimum atomic E-state index is -0.309. The summed E-state index contributed by atoms with van der Waals surface area (Å²) in [5.41, 5.74) is 2.41. The number of halogens is 3. The van der Waals surface area contributed by atoms with E-state index in [0.717, 1.165) is 11.3 Å². The van der Waals surface area contributed by atoms with Gasteiger partial charge in [0.15, 0.2) is 11.5 Å². The predicted molar refractivity (Wildman–Crippen MR) is 130 cm³/mol. The van der Waals surface area contributed by atoms with Crippen molar-refractivity contribution in [3.05, 3.63) is 87.1 Å². The number of hydrogen-bond donors (Lipinski definition) is 0. The molecule has 0 bridgehead atoms. The normalized spacial score (nSPS) is 15.8. The van der Waals surface area contributed by atoms with E-state index in [1.165, 1.54) is 12.1 Å². The highest BCUT2D eigenvalue weighted by Gasteiger charge is 2.35. The Hall–Kier alpha value is -2.22. The molecule has 32 heavy (non-hydrogen) atoms. The van der Waals surface area contributed by atoms with Gasteiger partial charge in [-0.05, 0) is 82.5 Å². The summed E-state index contributed by atoms with van der Waals surface area (Å²) in [6.07, 6.45) is 0. The molecule has 1 aliphatic rings. The maximum atomic E-state index is 13.5. The Balaban J connectivity index is 1.64. The van der Waals surface area contributed by atoms with Gasteiger partial charge in [0.1, 0.15) is 17.8 Å². The van der Waals surface area contributed by atoms with E-state index < -0.39 is 0 Å². The van der Waals surface area contributed by atoms with Crippen molar-refractivity contribution in [1.82, 2.24) is 0 Å². The second-order valence-electron chi connectivity index (χ2n) is 7.09. The molecule has 1 atom stereocenters. The van der Waals surface area contributed by atoms with E-state index in [2.05, 4.69) is 15.9 Å². The zero-order valence-electron chi connectivity index (χ0n) is 17.2. The van der Waals surface area contributed by atoms with Crippen LogP contribution in [-0.4, -0.2) is 18.3 Å². The lowest BCUT2D eigenvalue weighted by atomic mass is 10.1. The monoisotopic (exact) mass is 535 g/mol. The van der Waals surface area contributed by atoms with Crippen LogP contribution in [0.1, 0.15) is 23.4 Å². The molecule has 1 heterocycles. The first-order valence-electron chi connectivity index (χ1n) is 9.99. The van der Waals surface area contributed by atoms with E-state index in [0.29, 0.717) is 38.9 Å². The zero-order valence-corrected chi connectivity index (χ0v) is 20.3. The number of anilines is 1. The number of ether oxygens (including phenoxy) is 2. The van der Waals surface area contributed by atoms with Gasteiger partial charge in [-0.25, -0.2) is 4.39 Å². The summed E-state index contributed by atoms with van der Waals surface area (Å²) >= 11 is 11.2. The predicted octanol–water partition coefficient (Wildman–Crippen LogP) is 7.00. The summed E-state index contributed by atoms with van der Waals surface area (Å²) in [6.45, 7) is 2.54. The Kier molecular flexibility index (Phi) is 7.28. The summed E-state index contributed by atoms with van der Waals surface area (Å²) in [4.78, 5) is 14.4. The third-order valence-corrected chi connectivity index (χ3v) is 6.92. The van der Waals surface area contributed by atoms with Crippen LogP contribution < -0.4 is 14.4 Å². The van der Waals surface area contributed by atoms with Crippen LogP contribution in [0.5, 0.6) is 11.5 Å². The van der Waals surface area contributed by atoms with Crippen molar-refractivity contribution in [1.29, 1.82) is 0 Å². The van der Waals surface area contributed by atoms with Gasteiger partial charge in [0.25, 0.3) is 0 Å². The van der Waals surface area contributed by atoms with Crippen molar-refractivity contribution in [2.24, 2.45) is 0 Å². The molecule has 0 radical (unpaired) electrons. The van der Waals surface area contributed by atoms with Crippen molar-refractivity contribution >= 4 is 50.9 Å². The Morgan fingerprint density at radius 2 is 1.94 bits per heavy atom. The molecule has 8 heteroatoms. The molecular formula is C24H20BrClFNO3S. The smallest absolute Gasteiger partial charge is 0.238 e. The highest BCUT2D eigenvalue weighted by Crippen LogP contribution is 2.46. The Labute approximate surface area is 203 Å². The molecule has 166 valence electrons. The first-order valence-corrected chi connectivity index (χ1v) is 12.2. The first kappa shape index (κ1) is 23.0. The molecule has 4 nitrogen and oxygen atoms in total. The molecule has 3 aromatic carbocycles. The van der Waals surface area contributed by atoms with Gasteiger partial charge in [-0.15, -0.1) is 11.8 Å². The lowest BCUT2D eigenvalue weighted by molar-refractivity contribution is -0.115. The van der Waals surface area contributed by atoms with Crippen molar-refractivity contribution in [3.8, 4) is 11.5 Å².